The van der Waals surface area contributed by atoms with Gasteiger partial charge in [0.1, 0.15) is 5.02 Å². The molecule has 8 heteroatoms. The molecule has 0 aliphatic carbocycles. The van der Waals surface area contributed by atoms with Crippen molar-refractivity contribution in [1.29, 1.82) is 0 Å². The van der Waals surface area contributed by atoms with E-state index in [0.717, 1.165) is 12.3 Å². The van der Waals surface area contributed by atoms with E-state index in [2.05, 4.69) is 9.71 Å². The Labute approximate surface area is 109 Å². The molecule has 0 aliphatic rings. The highest BCUT2D eigenvalue weighted by atomic mass is 35.5. The van der Waals surface area contributed by atoms with Gasteiger partial charge in [0, 0.05) is 18.0 Å². The molecule has 0 radical (unpaired) electrons. The molecule has 1 rings (SSSR count). The Balaban J connectivity index is 2.90. The third kappa shape index (κ3) is 4.02. The summed E-state index contributed by atoms with van der Waals surface area (Å²) in [4.78, 5) is 13.2. The van der Waals surface area contributed by atoms with Gasteiger partial charge in [-0.3, -0.25) is 4.79 Å². The highest BCUT2D eigenvalue weighted by Crippen LogP contribution is 2.11. The van der Waals surface area contributed by atoms with Crippen molar-refractivity contribution >= 4 is 33.4 Å². The number of rotatable bonds is 5. The molecule has 1 aromatic heterocycles. The van der Waals surface area contributed by atoms with Crippen molar-refractivity contribution in [2.24, 2.45) is 0 Å². The maximum absolute atomic E-state index is 11.8. The van der Waals surface area contributed by atoms with Crippen LogP contribution in [-0.2, 0) is 10.0 Å². The lowest BCUT2D eigenvalue weighted by atomic mass is 10.5. The predicted molar refractivity (Wildman–Crippen MR) is 70.2 cm³/mol. The van der Waals surface area contributed by atoms with Crippen molar-refractivity contribution in [1.82, 2.24) is 9.71 Å². The van der Waals surface area contributed by atoms with Crippen molar-refractivity contribution in [3.63, 3.8) is 0 Å². The van der Waals surface area contributed by atoms with E-state index in [1.807, 2.05) is 13.2 Å². The van der Waals surface area contributed by atoms with E-state index in [9.17, 15) is 13.2 Å². The third-order valence-corrected chi connectivity index (χ3v) is 4.76. The molecule has 5 nitrogen and oxygen atoms in total. The number of pyridine rings is 1. The normalized spacial score (nSPS) is 13.6. The van der Waals surface area contributed by atoms with Crippen LogP contribution in [0.2, 0.25) is 5.02 Å². The van der Waals surface area contributed by atoms with E-state index in [1.54, 1.807) is 11.8 Å². The molecule has 0 fully saturated rings. The highest BCUT2D eigenvalue weighted by Gasteiger charge is 2.16. The first kappa shape index (κ1) is 14.6. The van der Waals surface area contributed by atoms with Crippen LogP contribution in [0, 0.1) is 0 Å². The second kappa shape index (κ2) is 5.90. The van der Waals surface area contributed by atoms with Gasteiger partial charge in [-0.2, -0.15) is 11.8 Å². The zero-order chi connectivity index (χ0) is 13.1. The molecule has 0 aliphatic heterocycles. The Morgan fingerprint density at radius 2 is 2.24 bits per heavy atom. The van der Waals surface area contributed by atoms with Gasteiger partial charge in [0.05, 0.1) is 4.90 Å². The summed E-state index contributed by atoms with van der Waals surface area (Å²) in [6.07, 6.45) is 3.02. The summed E-state index contributed by atoms with van der Waals surface area (Å²) >= 11 is 7.13. The Kier molecular flexibility index (Phi) is 5.05. The number of hydrogen-bond donors (Lipinski definition) is 2. The second-order valence-electron chi connectivity index (χ2n) is 3.41. The van der Waals surface area contributed by atoms with Gasteiger partial charge in [0.25, 0.3) is 5.56 Å². The monoisotopic (exact) mass is 296 g/mol. The largest absolute Gasteiger partial charge is 0.326 e. The smallest absolute Gasteiger partial charge is 0.266 e. The van der Waals surface area contributed by atoms with Crippen LogP contribution >= 0.6 is 23.4 Å². The summed E-state index contributed by atoms with van der Waals surface area (Å²) in [7, 11) is -3.62. The first-order valence-corrected chi connectivity index (χ1v) is 7.92. The van der Waals surface area contributed by atoms with Gasteiger partial charge in [-0.1, -0.05) is 18.5 Å². The SMILES string of the molecule is CSC(C)CNS(=O)(=O)c1c[nH]c(=O)c(Cl)c1. The van der Waals surface area contributed by atoms with Crippen molar-refractivity contribution in [3.8, 4) is 0 Å². The van der Waals surface area contributed by atoms with E-state index in [4.69, 9.17) is 11.6 Å². The van der Waals surface area contributed by atoms with Crippen LogP contribution in [0.4, 0.5) is 0 Å². The van der Waals surface area contributed by atoms with Crippen LogP contribution in [0.3, 0.4) is 0 Å². The van der Waals surface area contributed by atoms with E-state index in [0.29, 0.717) is 6.54 Å². The molecular formula is C9H13ClN2O3S2. The quantitative estimate of drug-likeness (QED) is 0.851. The molecule has 1 heterocycles. The molecule has 0 bridgehead atoms. The number of aromatic nitrogens is 1. The summed E-state index contributed by atoms with van der Waals surface area (Å²) in [5.41, 5.74) is -0.511. The molecule has 2 N–H and O–H groups in total. The zero-order valence-electron chi connectivity index (χ0n) is 9.36. The van der Waals surface area contributed by atoms with Gasteiger partial charge < -0.3 is 4.98 Å². The lowest BCUT2D eigenvalue weighted by Crippen LogP contribution is -2.30. The van der Waals surface area contributed by atoms with Crippen LogP contribution in [0.15, 0.2) is 22.0 Å². The van der Waals surface area contributed by atoms with Gasteiger partial charge >= 0.3 is 0 Å². The number of nitrogens with one attached hydrogen (secondary N) is 2. The predicted octanol–water partition coefficient (Wildman–Crippen LogP) is 1.06. The molecule has 0 saturated heterocycles. The fourth-order valence-electron chi connectivity index (χ4n) is 0.987. The number of thioether (sulfide) groups is 1. The maximum Gasteiger partial charge on any atom is 0.266 e. The summed E-state index contributed by atoms with van der Waals surface area (Å²) in [5.74, 6) is 0. The molecule has 17 heavy (non-hydrogen) atoms. The average Bonchev–Trinajstić information content (AvgIpc) is 2.29. The average molecular weight is 297 g/mol. The standard InChI is InChI=1S/C9H13ClN2O3S2/c1-6(16-2)4-12-17(14,15)7-3-8(10)9(13)11-5-7/h3,5-6,12H,4H2,1-2H3,(H,11,13). The Morgan fingerprint density at radius 3 is 2.76 bits per heavy atom. The number of aromatic amines is 1. The van der Waals surface area contributed by atoms with Crippen molar-refractivity contribution in [2.45, 2.75) is 17.1 Å². The minimum atomic E-state index is -3.62. The van der Waals surface area contributed by atoms with Crippen LogP contribution in [-0.4, -0.2) is 31.5 Å². The molecule has 0 spiro atoms. The Morgan fingerprint density at radius 1 is 1.59 bits per heavy atom. The van der Waals surface area contributed by atoms with Gasteiger partial charge in [0.2, 0.25) is 10.0 Å². The molecule has 1 atom stereocenters. The molecule has 0 saturated carbocycles. The van der Waals surface area contributed by atoms with Crippen LogP contribution < -0.4 is 10.3 Å². The van der Waals surface area contributed by atoms with Crippen LogP contribution in [0.5, 0.6) is 0 Å². The highest BCUT2D eigenvalue weighted by molar-refractivity contribution is 7.99. The molecule has 0 aromatic carbocycles. The summed E-state index contributed by atoms with van der Waals surface area (Å²) in [6.45, 7) is 2.23. The van der Waals surface area contributed by atoms with E-state index < -0.39 is 15.6 Å². The van der Waals surface area contributed by atoms with Gasteiger partial charge in [-0.25, -0.2) is 13.1 Å². The molecule has 1 aromatic rings. The fourth-order valence-corrected chi connectivity index (χ4v) is 2.70. The minimum Gasteiger partial charge on any atom is -0.326 e. The number of halogens is 1. The Hall–Kier alpha value is -0.500. The zero-order valence-corrected chi connectivity index (χ0v) is 11.7. The third-order valence-electron chi connectivity index (χ3n) is 2.10. The summed E-state index contributed by atoms with van der Waals surface area (Å²) in [5, 5.41) is 0.0220. The lowest BCUT2D eigenvalue weighted by Gasteiger charge is -2.10. The first-order chi connectivity index (χ1) is 7.86. The second-order valence-corrected chi connectivity index (χ2v) is 6.86. The van der Waals surface area contributed by atoms with Crippen molar-refractivity contribution in [2.75, 3.05) is 12.8 Å². The van der Waals surface area contributed by atoms with E-state index in [1.165, 1.54) is 0 Å². The molecular weight excluding hydrogens is 284 g/mol. The lowest BCUT2D eigenvalue weighted by molar-refractivity contribution is 0.581. The fraction of sp³-hybridized carbons (Fsp3) is 0.444. The van der Waals surface area contributed by atoms with Gasteiger partial charge in [-0.05, 0) is 12.3 Å². The van der Waals surface area contributed by atoms with Crippen LogP contribution in [0.1, 0.15) is 6.92 Å². The maximum atomic E-state index is 11.8. The topological polar surface area (TPSA) is 79.0 Å². The van der Waals surface area contributed by atoms with Crippen molar-refractivity contribution in [3.05, 3.63) is 27.6 Å². The molecule has 96 valence electrons. The molecule has 1 unspecified atom stereocenters. The number of sulfonamides is 1. The van der Waals surface area contributed by atoms with Gasteiger partial charge in [0.15, 0.2) is 0 Å². The minimum absolute atomic E-state index is 0.0459. The van der Waals surface area contributed by atoms with E-state index in [-0.39, 0.29) is 15.2 Å². The molecule has 0 amide bonds. The Bertz CT molecular complexity index is 541. The van der Waals surface area contributed by atoms with Gasteiger partial charge in [-0.15, -0.1) is 0 Å². The van der Waals surface area contributed by atoms with E-state index >= 15 is 0 Å². The van der Waals surface area contributed by atoms with Crippen LogP contribution in [0.25, 0.3) is 0 Å². The van der Waals surface area contributed by atoms with Crippen molar-refractivity contribution < 1.29 is 8.42 Å². The summed E-state index contributed by atoms with van der Waals surface area (Å²) < 4.78 is 26.1. The number of hydrogen-bond acceptors (Lipinski definition) is 4. The number of H-pyrrole nitrogens is 1. The summed E-state index contributed by atoms with van der Waals surface area (Å²) in [6, 6.07) is 1.13. The first-order valence-electron chi connectivity index (χ1n) is 4.77.